The molecule has 1 saturated heterocycles. The number of nitrogens with one attached hydrogen (secondary N) is 1. The van der Waals surface area contributed by atoms with Crippen molar-refractivity contribution in [3.05, 3.63) is 119 Å². The number of carbonyl (C=O) groups is 5. The second-order valence-electron chi connectivity index (χ2n) is 17.5. The zero-order valence-electron chi connectivity index (χ0n) is 35.0. The van der Waals surface area contributed by atoms with E-state index in [9.17, 15) is 34.5 Å². The number of rotatable bonds is 12. The Morgan fingerprint density at radius 1 is 0.887 bits per heavy atom. The van der Waals surface area contributed by atoms with Crippen LogP contribution >= 0.6 is 0 Å². The Morgan fingerprint density at radius 3 is 2.11 bits per heavy atom. The summed E-state index contributed by atoms with van der Waals surface area (Å²) in [5.74, 6) is -6.69. The summed E-state index contributed by atoms with van der Waals surface area (Å²) in [6, 6.07) is 24.8. The number of esters is 4. The Balaban J connectivity index is 1.23. The fraction of sp³-hybridized carbons (Fsp3) is 0.468. The zero-order chi connectivity index (χ0) is 44.4. The van der Waals surface area contributed by atoms with Gasteiger partial charge in [-0.3, -0.25) is 19.2 Å². The van der Waals surface area contributed by atoms with E-state index >= 15 is 4.79 Å². The Hall–Kier alpha value is -5.29. The fourth-order valence-corrected chi connectivity index (χ4v) is 11.3. The maximum absolute atomic E-state index is 15.3. The minimum Gasteiger partial charge on any atom is -0.460 e. The van der Waals surface area contributed by atoms with Crippen molar-refractivity contribution in [1.82, 2.24) is 5.48 Å². The largest absolute Gasteiger partial charge is 0.460 e. The van der Waals surface area contributed by atoms with Gasteiger partial charge in [0.15, 0.2) is 23.6 Å². The van der Waals surface area contributed by atoms with Crippen LogP contribution in [0.1, 0.15) is 75.0 Å². The standard InChI is InChI=1S/C47H51NO14/c1-25-34-31(60-43(55)37(52)36(29-17-11-7-12-18-29)48-58-23-28-15-9-6-10-16-28)22-47(56)41(61-42(54)30-19-13-8-14-20-30)39-44(4,32(51)21-33-46(39,24-57-33)62-27(3)50)40(53)38(59-26(2)49)35(25)45(34,47)5/h6-20,31-34,36-39,41,48,51-52,56H,21-24H2,1-5H3/t31-,32-,33?,34?,36-,37+,38+,39-,41-,44+,45+,46-,47+/m0/s1. The normalized spacial score (nSPS) is 35.2. The molecule has 15 heteroatoms. The van der Waals surface area contributed by atoms with Crippen LogP contribution in [0.5, 0.6) is 0 Å². The lowest BCUT2D eigenvalue weighted by molar-refractivity contribution is -0.344. The van der Waals surface area contributed by atoms with Crippen LogP contribution in [0.25, 0.3) is 0 Å². The van der Waals surface area contributed by atoms with Crippen LogP contribution in [0.2, 0.25) is 0 Å². The molecular formula is C47H51NO14. The number of hydrogen-bond acceptors (Lipinski definition) is 15. The van der Waals surface area contributed by atoms with Crippen molar-refractivity contribution in [3.8, 4) is 0 Å². The van der Waals surface area contributed by atoms with Crippen molar-refractivity contribution < 1.29 is 67.8 Å². The van der Waals surface area contributed by atoms with Gasteiger partial charge < -0.3 is 39.0 Å². The van der Waals surface area contributed by atoms with Crippen LogP contribution in [-0.4, -0.2) is 99.4 Å². The van der Waals surface area contributed by atoms with E-state index in [0.29, 0.717) is 11.1 Å². The number of aliphatic hydroxyl groups excluding tert-OH is 2. The summed E-state index contributed by atoms with van der Waals surface area (Å²) in [7, 11) is 0. The van der Waals surface area contributed by atoms with E-state index < -0.39 is 113 Å². The molecule has 13 atom stereocenters. The van der Waals surface area contributed by atoms with Crippen molar-refractivity contribution in [2.75, 3.05) is 6.61 Å². The molecule has 4 aliphatic carbocycles. The maximum atomic E-state index is 15.3. The SMILES string of the molecule is CC(=O)O[C@H]1C(=O)[C@]2(C)[C@@H](O)CC3OC[C@@]3(OC(C)=O)[C@H]2[C@H](OC(=O)c2ccccc2)[C@]2(O)C[C@H](OC(=O)[C@H](O)[C@@H](NOCc3ccccc3)c3ccccc3)C3C(C)=C1[C@@]32C. The first-order valence-electron chi connectivity index (χ1n) is 20.7. The highest BCUT2D eigenvalue weighted by molar-refractivity contribution is 5.96. The summed E-state index contributed by atoms with van der Waals surface area (Å²) in [5.41, 5.74) is -2.72. The molecule has 0 amide bonds. The summed E-state index contributed by atoms with van der Waals surface area (Å²) in [6.45, 7) is 6.85. The smallest absolute Gasteiger partial charge is 0.338 e. The van der Waals surface area contributed by atoms with Gasteiger partial charge in [0.1, 0.15) is 23.9 Å². The van der Waals surface area contributed by atoms with Crippen LogP contribution in [0, 0.1) is 22.7 Å². The fourth-order valence-electron chi connectivity index (χ4n) is 11.3. The minimum absolute atomic E-state index is 0.101. The molecule has 328 valence electrons. The quantitative estimate of drug-likeness (QED) is 0.0887. The monoisotopic (exact) mass is 853 g/mol. The predicted octanol–water partition coefficient (Wildman–Crippen LogP) is 3.64. The molecule has 1 aliphatic heterocycles. The second-order valence-corrected chi connectivity index (χ2v) is 17.5. The molecule has 1 heterocycles. The average Bonchev–Trinajstić information content (AvgIpc) is 3.43. The number of benzene rings is 3. The molecule has 8 rings (SSSR count). The lowest BCUT2D eigenvalue weighted by atomic mass is 9.43. The van der Waals surface area contributed by atoms with Gasteiger partial charge in [-0.1, -0.05) is 91.4 Å². The number of Topliss-reactive ketones (excluding diaryl/α,β-unsaturated/α-hetero) is 1. The van der Waals surface area contributed by atoms with Crippen LogP contribution in [0.15, 0.2) is 102 Å². The highest BCUT2D eigenvalue weighted by Gasteiger charge is 2.83. The molecule has 0 spiro atoms. The Labute approximate surface area is 358 Å². The van der Waals surface area contributed by atoms with Gasteiger partial charge in [-0.05, 0) is 42.7 Å². The number of hydrogen-bond donors (Lipinski definition) is 4. The minimum atomic E-state index is -2.28. The van der Waals surface area contributed by atoms with Crippen molar-refractivity contribution in [2.24, 2.45) is 22.7 Å². The predicted molar refractivity (Wildman–Crippen MR) is 216 cm³/mol. The van der Waals surface area contributed by atoms with Crippen LogP contribution in [-0.2, 0) is 54.3 Å². The van der Waals surface area contributed by atoms with Crippen LogP contribution in [0.3, 0.4) is 0 Å². The number of carbonyl (C=O) groups excluding carboxylic acids is 5. The van der Waals surface area contributed by atoms with E-state index in [4.69, 9.17) is 28.5 Å². The number of aliphatic hydroxyl groups is 3. The number of hydroxylamine groups is 1. The highest BCUT2D eigenvalue weighted by atomic mass is 16.7. The van der Waals surface area contributed by atoms with Gasteiger partial charge in [0, 0.05) is 38.0 Å². The van der Waals surface area contributed by atoms with Gasteiger partial charge in [0.2, 0.25) is 0 Å². The third-order valence-electron chi connectivity index (χ3n) is 14.2. The molecule has 62 heavy (non-hydrogen) atoms. The summed E-state index contributed by atoms with van der Waals surface area (Å²) < 4.78 is 30.5. The van der Waals surface area contributed by atoms with Crippen molar-refractivity contribution in [3.63, 3.8) is 0 Å². The molecule has 3 aromatic rings. The highest BCUT2D eigenvalue weighted by Crippen LogP contribution is 2.72. The van der Waals surface area contributed by atoms with E-state index in [1.54, 1.807) is 62.4 Å². The molecule has 0 aromatic heterocycles. The zero-order valence-corrected chi connectivity index (χ0v) is 35.0. The maximum Gasteiger partial charge on any atom is 0.338 e. The molecule has 3 aromatic carbocycles. The summed E-state index contributed by atoms with van der Waals surface area (Å²) in [5, 5.41) is 37.5. The molecular weight excluding hydrogens is 803 g/mol. The molecule has 0 bridgehead atoms. The van der Waals surface area contributed by atoms with E-state index in [1.165, 1.54) is 26.0 Å². The number of ether oxygens (including phenoxy) is 5. The van der Waals surface area contributed by atoms with Crippen molar-refractivity contribution >= 4 is 29.7 Å². The first-order chi connectivity index (χ1) is 29.5. The van der Waals surface area contributed by atoms with Gasteiger partial charge >= 0.3 is 23.9 Å². The van der Waals surface area contributed by atoms with Crippen LogP contribution in [0.4, 0.5) is 0 Å². The first kappa shape index (κ1) is 43.4. The molecule has 0 radical (unpaired) electrons. The molecule has 4 N–H and O–H groups in total. The Bertz CT molecular complexity index is 2270. The number of fused-ring (bicyclic) bond motifs is 3. The topological polar surface area (TPSA) is 213 Å². The lowest BCUT2D eigenvalue weighted by Crippen LogP contribution is -2.81. The molecule has 2 unspecified atom stereocenters. The number of ketones is 1. The van der Waals surface area contributed by atoms with E-state index in [1.807, 2.05) is 30.3 Å². The lowest BCUT2D eigenvalue weighted by Gasteiger charge is -2.67. The Kier molecular flexibility index (Phi) is 11.3. The van der Waals surface area contributed by atoms with Crippen LogP contribution < -0.4 is 5.48 Å². The molecule has 4 fully saturated rings. The first-order valence-corrected chi connectivity index (χ1v) is 20.7. The van der Waals surface area contributed by atoms with E-state index in [2.05, 4.69) is 5.48 Å². The van der Waals surface area contributed by atoms with Crippen molar-refractivity contribution in [1.29, 1.82) is 0 Å². The molecule has 5 aliphatic rings. The van der Waals surface area contributed by atoms with Gasteiger partial charge in [0.25, 0.3) is 0 Å². The van der Waals surface area contributed by atoms with Gasteiger partial charge in [-0.25, -0.2) is 9.59 Å². The van der Waals surface area contributed by atoms with Gasteiger partial charge in [0.05, 0.1) is 42.3 Å². The van der Waals surface area contributed by atoms with E-state index in [-0.39, 0.29) is 30.8 Å². The average molecular weight is 854 g/mol. The summed E-state index contributed by atoms with van der Waals surface area (Å²) in [6.07, 6.45) is -9.62. The summed E-state index contributed by atoms with van der Waals surface area (Å²) >= 11 is 0. The van der Waals surface area contributed by atoms with E-state index in [0.717, 1.165) is 12.5 Å². The molecule has 3 saturated carbocycles. The third-order valence-corrected chi connectivity index (χ3v) is 14.2. The third kappa shape index (κ3) is 6.68. The van der Waals surface area contributed by atoms with Gasteiger partial charge in [-0.15, -0.1) is 0 Å². The summed E-state index contributed by atoms with van der Waals surface area (Å²) in [4.78, 5) is 75.6. The van der Waals surface area contributed by atoms with Gasteiger partial charge in [-0.2, -0.15) is 5.48 Å². The molecule has 15 nitrogen and oxygen atoms in total. The van der Waals surface area contributed by atoms with Crippen molar-refractivity contribution in [2.45, 2.75) is 108 Å². The Morgan fingerprint density at radius 2 is 1.52 bits per heavy atom. The second kappa shape index (κ2) is 16.1.